The van der Waals surface area contributed by atoms with Crippen LogP contribution in [0.15, 0.2) is 34.1 Å². The van der Waals surface area contributed by atoms with Crippen LogP contribution < -0.4 is 5.32 Å². The lowest BCUT2D eigenvalue weighted by molar-refractivity contribution is 0.502. The Morgan fingerprint density at radius 3 is 3.00 bits per heavy atom. The summed E-state index contributed by atoms with van der Waals surface area (Å²) in [6.45, 7) is 6.93. The lowest BCUT2D eigenvalue weighted by Gasteiger charge is -2.15. The predicted molar refractivity (Wildman–Crippen MR) is 62.3 cm³/mol. The molecule has 1 atom stereocenters. The van der Waals surface area contributed by atoms with Gasteiger partial charge in [0.1, 0.15) is 0 Å². The van der Waals surface area contributed by atoms with E-state index in [1.54, 1.807) is 6.26 Å². The minimum atomic E-state index is 0.306. The third-order valence-corrected chi connectivity index (χ3v) is 2.71. The van der Waals surface area contributed by atoms with E-state index >= 15 is 0 Å². The summed E-state index contributed by atoms with van der Waals surface area (Å²) in [5, 5.41) is 3.45. The van der Waals surface area contributed by atoms with Gasteiger partial charge < -0.3 is 9.73 Å². The van der Waals surface area contributed by atoms with Gasteiger partial charge in [-0.1, -0.05) is 13.0 Å². The Balaban J connectivity index is 2.66. The highest BCUT2D eigenvalue weighted by molar-refractivity contribution is 9.10. The van der Waals surface area contributed by atoms with E-state index in [0.717, 1.165) is 24.1 Å². The highest BCUT2D eigenvalue weighted by atomic mass is 79.9. The molecular formula is C11H16BrNO. The lowest BCUT2D eigenvalue weighted by atomic mass is 10.1. The molecule has 0 spiro atoms. The fourth-order valence-electron chi connectivity index (χ4n) is 1.36. The molecule has 1 heterocycles. The summed E-state index contributed by atoms with van der Waals surface area (Å²) in [7, 11) is 0. The van der Waals surface area contributed by atoms with Crippen LogP contribution in [0.4, 0.5) is 0 Å². The quantitative estimate of drug-likeness (QED) is 0.788. The van der Waals surface area contributed by atoms with Gasteiger partial charge in [0.2, 0.25) is 0 Å². The summed E-state index contributed by atoms with van der Waals surface area (Å²) in [5.74, 6) is 0. The minimum Gasteiger partial charge on any atom is -0.457 e. The van der Waals surface area contributed by atoms with E-state index in [1.807, 2.05) is 12.1 Å². The molecular weight excluding hydrogens is 242 g/mol. The Bertz CT molecular complexity index is 283. The van der Waals surface area contributed by atoms with Crippen LogP contribution in [0.25, 0.3) is 0 Å². The van der Waals surface area contributed by atoms with Crippen molar-refractivity contribution in [2.24, 2.45) is 0 Å². The monoisotopic (exact) mass is 257 g/mol. The molecule has 0 amide bonds. The van der Waals surface area contributed by atoms with Gasteiger partial charge in [0.25, 0.3) is 0 Å². The molecule has 14 heavy (non-hydrogen) atoms. The Labute approximate surface area is 93.5 Å². The number of hydrogen-bond donors (Lipinski definition) is 1. The smallest absolute Gasteiger partial charge is 0.173 e. The van der Waals surface area contributed by atoms with Gasteiger partial charge in [-0.15, -0.1) is 6.58 Å². The van der Waals surface area contributed by atoms with Gasteiger partial charge in [-0.05, 0) is 41.4 Å². The molecule has 0 saturated heterocycles. The van der Waals surface area contributed by atoms with Crippen molar-refractivity contribution in [3.8, 4) is 0 Å². The molecule has 0 saturated carbocycles. The van der Waals surface area contributed by atoms with E-state index in [0.29, 0.717) is 6.04 Å². The molecule has 1 rings (SSSR count). The van der Waals surface area contributed by atoms with Crippen molar-refractivity contribution in [3.63, 3.8) is 0 Å². The summed E-state index contributed by atoms with van der Waals surface area (Å²) >= 11 is 3.39. The first-order valence-electron chi connectivity index (χ1n) is 4.86. The Morgan fingerprint density at radius 1 is 1.71 bits per heavy atom. The SMILES string of the molecule is C=CCC(NCCC)c1ccoc1Br. The van der Waals surface area contributed by atoms with Crippen LogP contribution in [0.3, 0.4) is 0 Å². The Kier molecular flexibility index (Phi) is 4.98. The molecule has 0 fully saturated rings. The van der Waals surface area contributed by atoms with Gasteiger partial charge >= 0.3 is 0 Å². The van der Waals surface area contributed by atoms with Gasteiger partial charge in [-0.3, -0.25) is 0 Å². The Hall–Kier alpha value is -0.540. The van der Waals surface area contributed by atoms with Crippen molar-refractivity contribution in [3.05, 3.63) is 35.2 Å². The molecule has 0 bridgehead atoms. The van der Waals surface area contributed by atoms with E-state index in [2.05, 4.69) is 34.7 Å². The highest BCUT2D eigenvalue weighted by Crippen LogP contribution is 2.26. The van der Waals surface area contributed by atoms with Gasteiger partial charge in [0.05, 0.1) is 6.26 Å². The molecule has 1 N–H and O–H groups in total. The largest absolute Gasteiger partial charge is 0.457 e. The average molecular weight is 258 g/mol. The van der Waals surface area contributed by atoms with Crippen LogP contribution in [0.5, 0.6) is 0 Å². The Morgan fingerprint density at radius 2 is 2.50 bits per heavy atom. The van der Waals surface area contributed by atoms with Crippen LogP contribution in [0.2, 0.25) is 0 Å². The van der Waals surface area contributed by atoms with E-state index in [1.165, 1.54) is 5.56 Å². The summed E-state index contributed by atoms with van der Waals surface area (Å²) < 4.78 is 6.03. The summed E-state index contributed by atoms with van der Waals surface area (Å²) in [4.78, 5) is 0. The van der Waals surface area contributed by atoms with Crippen LogP contribution in [0, 0.1) is 0 Å². The second kappa shape index (κ2) is 6.04. The normalized spacial score (nSPS) is 12.7. The average Bonchev–Trinajstić information content (AvgIpc) is 2.59. The van der Waals surface area contributed by atoms with Crippen LogP contribution >= 0.6 is 15.9 Å². The van der Waals surface area contributed by atoms with Crippen LogP contribution in [-0.2, 0) is 0 Å². The number of furan rings is 1. The van der Waals surface area contributed by atoms with Crippen molar-refractivity contribution >= 4 is 15.9 Å². The zero-order valence-electron chi connectivity index (χ0n) is 8.42. The summed E-state index contributed by atoms with van der Waals surface area (Å²) in [5.41, 5.74) is 1.17. The molecule has 0 aliphatic heterocycles. The summed E-state index contributed by atoms with van der Waals surface area (Å²) in [6, 6.07) is 2.29. The van der Waals surface area contributed by atoms with E-state index < -0.39 is 0 Å². The van der Waals surface area contributed by atoms with Crippen molar-refractivity contribution in [1.82, 2.24) is 5.32 Å². The highest BCUT2D eigenvalue weighted by Gasteiger charge is 2.13. The molecule has 0 radical (unpaired) electrons. The third-order valence-electron chi connectivity index (χ3n) is 2.06. The van der Waals surface area contributed by atoms with Crippen molar-refractivity contribution in [2.75, 3.05) is 6.54 Å². The van der Waals surface area contributed by atoms with Crippen LogP contribution in [0.1, 0.15) is 31.4 Å². The maximum atomic E-state index is 5.21. The first kappa shape index (κ1) is 11.5. The second-order valence-corrected chi connectivity index (χ2v) is 3.90. The van der Waals surface area contributed by atoms with Gasteiger partial charge in [-0.2, -0.15) is 0 Å². The fourth-order valence-corrected chi connectivity index (χ4v) is 1.88. The third kappa shape index (κ3) is 3.00. The number of hydrogen-bond acceptors (Lipinski definition) is 2. The van der Waals surface area contributed by atoms with Crippen LogP contribution in [-0.4, -0.2) is 6.54 Å². The molecule has 2 nitrogen and oxygen atoms in total. The maximum Gasteiger partial charge on any atom is 0.173 e. The first-order valence-corrected chi connectivity index (χ1v) is 5.66. The number of halogens is 1. The zero-order valence-corrected chi connectivity index (χ0v) is 10.0. The molecule has 0 aliphatic carbocycles. The van der Waals surface area contributed by atoms with E-state index in [-0.39, 0.29) is 0 Å². The topological polar surface area (TPSA) is 25.2 Å². The van der Waals surface area contributed by atoms with Gasteiger partial charge in [0, 0.05) is 11.6 Å². The molecule has 1 aromatic heterocycles. The summed E-state index contributed by atoms with van der Waals surface area (Å²) in [6.07, 6.45) is 5.66. The van der Waals surface area contributed by atoms with Crippen molar-refractivity contribution < 1.29 is 4.42 Å². The fraction of sp³-hybridized carbons (Fsp3) is 0.455. The standard InChI is InChI=1S/C11H16BrNO/c1-3-5-10(13-7-4-2)9-6-8-14-11(9)12/h3,6,8,10,13H,1,4-5,7H2,2H3. The van der Waals surface area contributed by atoms with Gasteiger partial charge in [0.15, 0.2) is 4.67 Å². The molecule has 1 unspecified atom stereocenters. The molecule has 1 aromatic rings. The molecule has 78 valence electrons. The second-order valence-electron chi connectivity index (χ2n) is 3.18. The first-order chi connectivity index (χ1) is 6.79. The zero-order chi connectivity index (χ0) is 10.4. The minimum absolute atomic E-state index is 0.306. The predicted octanol–water partition coefficient (Wildman–Crippen LogP) is 3.66. The van der Waals surface area contributed by atoms with E-state index in [9.17, 15) is 0 Å². The lowest BCUT2D eigenvalue weighted by Crippen LogP contribution is -2.21. The van der Waals surface area contributed by atoms with E-state index in [4.69, 9.17) is 4.42 Å². The molecule has 3 heteroatoms. The van der Waals surface area contributed by atoms with Crippen molar-refractivity contribution in [2.45, 2.75) is 25.8 Å². The maximum absolute atomic E-state index is 5.21. The molecule has 0 aromatic carbocycles. The number of nitrogens with one attached hydrogen (secondary N) is 1. The number of rotatable bonds is 6. The molecule has 0 aliphatic rings. The van der Waals surface area contributed by atoms with Crippen molar-refractivity contribution in [1.29, 1.82) is 0 Å². The van der Waals surface area contributed by atoms with Gasteiger partial charge in [-0.25, -0.2) is 0 Å².